The lowest BCUT2D eigenvalue weighted by atomic mass is 9.91. The van der Waals surface area contributed by atoms with Crippen LogP contribution in [0.15, 0.2) is 47.3 Å². The highest BCUT2D eigenvalue weighted by molar-refractivity contribution is 6.04. The number of piperidine rings is 1. The molecule has 1 aliphatic rings. The van der Waals surface area contributed by atoms with Gasteiger partial charge in [-0.15, -0.1) is 0 Å². The predicted molar refractivity (Wildman–Crippen MR) is 110 cm³/mol. The average Bonchev–Trinajstić information content (AvgIpc) is 3.22. The number of likely N-dealkylation sites (tertiary alicyclic amines) is 1. The Morgan fingerprint density at radius 2 is 1.83 bits per heavy atom. The van der Waals surface area contributed by atoms with Crippen LogP contribution >= 0.6 is 0 Å². The zero-order valence-electron chi connectivity index (χ0n) is 16.8. The number of carbonyl (C=O) groups excluding carboxylic acids is 3. The van der Waals surface area contributed by atoms with Crippen molar-refractivity contribution in [1.29, 1.82) is 0 Å². The Balaban J connectivity index is 1.57. The predicted octanol–water partition coefficient (Wildman–Crippen LogP) is 3.16. The minimum Gasteiger partial charge on any atom is -0.472 e. The van der Waals surface area contributed by atoms with Gasteiger partial charge in [0.25, 0.3) is 11.8 Å². The molecular formula is C22H27N3O4. The Labute approximate surface area is 170 Å². The van der Waals surface area contributed by atoms with Gasteiger partial charge in [0.05, 0.1) is 23.1 Å². The molecule has 1 aliphatic heterocycles. The van der Waals surface area contributed by atoms with Crippen molar-refractivity contribution in [2.24, 2.45) is 11.8 Å². The van der Waals surface area contributed by atoms with Crippen LogP contribution in [-0.2, 0) is 4.79 Å². The summed E-state index contributed by atoms with van der Waals surface area (Å²) < 4.78 is 4.86. The van der Waals surface area contributed by atoms with Gasteiger partial charge in [-0.1, -0.05) is 26.0 Å². The summed E-state index contributed by atoms with van der Waals surface area (Å²) in [5.74, 6) is 0.299. The minimum atomic E-state index is -0.296. The number of carbonyl (C=O) groups is 3. The third kappa shape index (κ3) is 5.47. The molecule has 7 heteroatoms. The molecular weight excluding hydrogens is 370 g/mol. The zero-order chi connectivity index (χ0) is 20.8. The molecule has 0 spiro atoms. The van der Waals surface area contributed by atoms with Crippen molar-refractivity contribution in [2.75, 3.05) is 25.0 Å². The van der Waals surface area contributed by atoms with Gasteiger partial charge in [-0.3, -0.25) is 14.4 Å². The van der Waals surface area contributed by atoms with E-state index in [9.17, 15) is 14.4 Å². The first-order chi connectivity index (χ1) is 13.9. The molecule has 2 heterocycles. The van der Waals surface area contributed by atoms with E-state index in [1.165, 1.54) is 12.5 Å². The second kappa shape index (κ2) is 9.41. The number of benzene rings is 1. The summed E-state index contributed by atoms with van der Waals surface area (Å²) >= 11 is 0. The summed E-state index contributed by atoms with van der Waals surface area (Å²) in [4.78, 5) is 39.1. The second-order valence-electron chi connectivity index (χ2n) is 7.77. The highest BCUT2D eigenvalue weighted by atomic mass is 16.3. The first-order valence-electron chi connectivity index (χ1n) is 9.92. The van der Waals surface area contributed by atoms with E-state index in [2.05, 4.69) is 24.5 Å². The van der Waals surface area contributed by atoms with Crippen LogP contribution in [-0.4, -0.2) is 42.3 Å². The number of amides is 3. The molecule has 0 radical (unpaired) electrons. The maximum atomic E-state index is 13.0. The molecule has 3 rings (SSSR count). The highest BCUT2D eigenvalue weighted by Gasteiger charge is 2.27. The molecule has 2 unspecified atom stereocenters. The Morgan fingerprint density at radius 3 is 2.52 bits per heavy atom. The van der Waals surface area contributed by atoms with Crippen molar-refractivity contribution >= 4 is 23.4 Å². The van der Waals surface area contributed by atoms with Gasteiger partial charge in [-0.05, 0) is 36.5 Å². The maximum absolute atomic E-state index is 13.0. The van der Waals surface area contributed by atoms with E-state index in [4.69, 9.17) is 4.42 Å². The lowest BCUT2D eigenvalue weighted by Crippen LogP contribution is -2.42. The standard InChI is InChI=1S/C22H27N3O4/c1-15-11-16(2)13-25(12-15)22(28)18-5-3-4-6-19(18)24-20(26)7-9-23-21(27)17-8-10-29-14-17/h3-6,8,10,14-16H,7,9,11-13H2,1-2H3,(H,23,27)(H,24,26). The van der Waals surface area contributed by atoms with Crippen LogP contribution in [0.5, 0.6) is 0 Å². The summed E-state index contributed by atoms with van der Waals surface area (Å²) in [5, 5.41) is 5.47. The Hall–Kier alpha value is -3.09. The third-order valence-corrected chi connectivity index (χ3v) is 5.01. The van der Waals surface area contributed by atoms with E-state index in [1.54, 1.807) is 30.3 Å². The summed E-state index contributed by atoms with van der Waals surface area (Å²) in [7, 11) is 0. The van der Waals surface area contributed by atoms with Crippen LogP contribution in [0, 0.1) is 11.8 Å². The van der Waals surface area contributed by atoms with Crippen LogP contribution in [0.2, 0.25) is 0 Å². The maximum Gasteiger partial charge on any atom is 0.255 e. The van der Waals surface area contributed by atoms with Gasteiger partial charge in [0, 0.05) is 26.1 Å². The fourth-order valence-electron chi connectivity index (χ4n) is 3.78. The molecule has 7 nitrogen and oxygen atoms in total. The number of rotatable bonds is 6. The Morgan fingerprint density at radius 1 is 1.10 bits per heavy atom. The van der Waals surface area contributed by atoms with Crippen molar-refractivity contribution in [1.82, 2.24) is 10.2 Å². The number of nitrogens with zero attached hydrogens (tertiary/aromatic N) is 1. The minimum absolute atomic E-state index is 0.0624. The van der Waals surface area contributed by atoms with E-state index < -0.39 is 0 Å². The lowest BCUT2D eigenvalue weighted by molar-refractivity contribution is -0.116. The summed E-state index contributed by atoms with van der Waals surface area (Å²) in [6, 6.07) is 8.60. The SMILES string of the molecule is CC1CC(C)CN(C(=O)c2ccccc2NC(=O)CCNC(=O)c2ccoc2)C1. The monoisotopic (exact) mass is 397 g/mol. The molecule has 1 saturated heterocycles. The fourth-order valence-corrected chi connectivity index (χ4v) is 3.78. The van der Waals surface area contributed by atoms with Gasteiger partial charge in [-0.2, -0.15) is 0 Å². The summed E-state index contributed by atoms with van der Waals surface area (Å²) in [5.41, 5.74) is 1.39. The molecule has 2 aromatic rings. The molecule has 1 aromatic carbocycles. The number of anilines is 1. The van der Waals surface area contributed by atoms with Gasteiger partial charge in [0.2, 0.25) is 5.91 Å². The molecule has 0 aliphatic carbocycles. The number of nitrogens with one attached hydrogen (secondary N) is 2. The largest absolute Gasteiger partial charge is 0.472 e. The smallest absolute Gasteiger partial charge is 0.255 e. The quantitative estimate of drug-likeness (QED) is 0.783. The number of para-hydroxylation sites is 1. The average molecular weight is 397 g/mol. The molecule has 1 fully saturated rings. The summed E-state index contributed by atoms with van der Waals surface area (Å²) in [6.45, 7) is 5.95. The van der Waals surface area contributed by atoms with E-state index in [0.29, 0.717) is 28.7 Å². The third-order valence-electron chi connectivity index (χ3n) is 5.01. The van der Waals surface area contributed by atoms with E-state index in [-0.39, 0.29) is 30.7 Å². The number of furan rings is 1. The van der Waals surface area contributed by atoms with Crippen molar-refractivity contribution in [3.05, 3.63) is 54.0 Å². The molecule has 0 bridgehead atoms. The van der Waals surface area contributed by atoms with Gasteiger partial charge in [0.15, 0.2) is 0 Å². The molecule has 0 saturated carbocycles. The lowest BCUT2D eigenvalue weighted by Gasteiger charge is -2.35. The van der Waals surface area contributed by atoms with Crippen molar-refractivity contribution in [3.63, 3.8) is 0 Å². The van der Waals surface area contributed by atoms with Gasteiger partial charge in [-0.25, -0.2) is 0 Å². The topological polar surface area (TPSA) is 91.7 Å². The van der Waals surface area contributed by atoms with Gasteiger partial charge >= 0.3 is 0 Å². The Bertz CT molecular complexity index is 853. The Kier molecular flexibility index (Phi) is 6.69. The van der Waals surface area contributed by atoms with E-state index in [1.807, 2.05) is 4.90 Å². The van der Waals surface area contributed by atoms with E-state index >= 15 is 0 Å². The first kappa shape index (κ1) is 20.6. The molecule has 3 amide bonds. The van der Waals surface area contributed by atoms with Crippen molar-refractivity contribution in [2.45, 2.75) is 26.7 Å². The van der Waals surface area contributed by atoms with Gasteiger partial charge in [0.1, 0.15) is 6.26 Å². The molecule has 29 heavy (non-hydrogen) atoms. The first-order valence-corrected chi connectivity index (χ1v) is 9.92. The zero-order valence-corrected chi connectivity index (χ0v) is 16.8. The molecule has 2 N–H and O–H groups in total. The fraction of sp³-hybridized carbons (Fsp3) is 0.409. The van der Waals surface area contributed by atoms with Crippen molar-refractivity contribution in [3.8, 4) is 0 Å². The normalized spacial score (nSPS) is 18.9. The molecule has 2 atom stereocenters. The van der Waals surface area contributed by atoms with Crippen LogP contribution < -0.4 is 10.6 Å². The van der Waals surface area contributed by atoms with Crippen LogP contribution in [0.4, 0.5) is 5.69 Å². The molecule has 154 valence electrons. The molecule has 1 aromatic heterocycles. The van der Waals surface area contributed by atoms with Gasteiger partial charge < -0.3 is 20.0 Å². The van der Waals surface area contributed by atoms with E-state index in [0.717, 1.165) is 19.5 Å². The van der Waals surface area contributed by atoms with Crippen molar-refractivity contribution < 1.29 is 18.8 Å². The highest BCUT2D eigenvalue weighted by Crippen LogP contribution is 2.25. The van der Waals surface area contributed by atoms with Crippen LogP contribution in [0.1, 0.15) is 47.4 Å². The second-order valence-corrected chi connectivity index (χ2v) is 7.77. The van der Waals surface area contributed by atoms with Crippen LogP contribution in [0.3, 0.4) is 0 Å². The van der Waals surface area contributed by atoms with Crippen LogP contribution in [0.25, 0.3) is 0 Å². The summed E-state index contributed by atoms with van der Waals surface area (Å²) in [6.07, 6.45) is 3.98. The number of hydrogen-bond donors (Lipinski definition) is 2. The number of hydrogen-bond acceptors (Lipinski definition) is 4.